The lowest BCUT2D eigenvalue weighted by atomic mass is 10.1. The van der Waals surface area contributed by atoms with Crippen LogP contribution in [0.15, 0.2) is 66.9 Å². The van der Waals surface area contributed by atoms with Crippen molar-refractivity contribution in [3.8, 4) is 5.75 Å². The first-order valence-electron chi connectivity index (χ1n) is 9.09. The summed E-state index contributed by atoms with van der Waals surface area (Å²) in [4.78, 5) is 0. The lowest BCUT2D eigenvalue weighted by molar-refractivity contribution is 0.306. The zero-order valence-corrected chi connectivity index (χ0v) is 14.8. The van der Waals surface area contributed by atoms with Crippen LogP contribution in [0.1, 0.15) is 11.1 Å². The standard InChI is InChI=1S/C21H24N4O/c1-2-4-18(5-3-1)16-26-20-8-6-17(7-9-20)12-22-13-19-14-23-21-10-11-24-25(21)15-19/h1-11,19,22-23H,12-16H2. The molecule has 1 atom stereocenters. The smallest absolute Gasteiger partial charge is 0.124 e. The molecular weight excluding hydrogens is 324 g/mol. The normalized spacial score (nSPS) is 15.9. The van der Waals surface area contributed by atoms with E-state index in [1.807, 2.05) is 47.3 Å². The molecule has 0 aliphatic carbocycles. The van der Waals surface area contributed by atoms with Gasteiger partial charge in [0.1, 0.15) is 18.2 Å². The van der Waals surface area contributed by atoms with E-state index in [4.69, 9.17) is 4.74 Å². The number of ether oxygens (including phenoxy) is 1. The van der Waals surface area contributed by atoms with Gasteiger partial charge in [0.25, 0.3) is 0 Å². The minimum atomic E-state index is 0.552. The van der Waals surface area contributed by atoms with Crippen LogP contribution in [0.5, 0.6) is 5.75 Å². The fraction of sp³-hybridized carbons (Fsp3) is 0.286. The van der Waals surface area contributed by atoms with Crippen molar-refractivity contribution in [2.75, 3.05) is 18.4 Å². The van der Waals surface area contributed by atoms with Crippen molar-refractivity contribution in [3.05, 3.63) is 78.0 Å². The van der Waals surface area contributed by atoms with E-state index in [0.29, 0.717) is 12.5 Å². The van der Waals surface area contributed by atoms with Crippen LogP contribution in [0.3, 0.4) is 0 Å². The number of anilines is 1. The maximum absolute atomic E-state index is 5.83. The molecule has 3 aromatic rings. The maximum atomic E-state index is 5.83. The number of rotatable bonds is 7. The molecule has 4 rings (SSSR count). The fourth-order valence-corrected chi connectivity index (χ4v) is 3.19. The summed E-state index contributed by atoms with van der Waals surface area (Å²) in [6.07, 6.45) is 1.85. The Morgan fingerprint density at radius 2 is 1.88 bits per heavy atom. The molecule has 0 bridgehead atoms. The van der Waals surface area contributed by atoms with E-state index in [9.17, 15) is 0 Å². The van der Waals surface area contributed by atoms with E-state index < -0.39 is 0 Å². The highest BCUT2D eigenvalue weighted by Crippen LogP contribution is 2.16. The van der Waals surface area contributed by atoms with Gasteiger partial charge in [0, 0.05) is 38.2 Å². The quantitative estimate of drug-likeness (QED) is 0.688. The van der Waals surface area contributed by atoms with Gasteiger partial charge in [-0.15, -0.1) is 0 Å². The van der Waals surface area contributed by atoms with Gasteiger partial charge in [-0.1, -0.05) is 42.5 Å². The Kier molecular flexibility index (Phi) is 5.17. The number of nitrogens with one attached hydrogen (secondary N) is 2. The summed E-state index contributed by atoms with van der Waals surface area (Å²) >= 11 is 0. The zero-order valence-electron chi connectivity index (χ0n) is 14.8. The molecule has 0 amide bonds. The summed E-state index contributed by atoms with van der Waals surface area (Å²) in [7, 11) is 0. The van der Waals surface area contributed by atoms with Crippen LogP contribution < -0.4 is 15.4 Å². The average molecular weight is 348 g/mol. The van der Waals surface area contributed by atoms with Crippen LogP contribution >= 0.6 is 0 Å². The van der Waals surface area contributed by atoms with Gasteiger partial charge in [-0.25, -0.2) is 4.68 Å². The lowest BCUT2D eigenvalue weighted by Crippen LogP contribution is -2.35. The average Bonchev–Trinajstić information content (AvgIpc) is 3.16. The molecule has 1 aliphatic rings. The third-order valence-electron chi connectivity index (χ3n) is 4.65. The van der Waals surface area contributed by atoms with E-state index in [1.54, 1.807) is 0 Å². The molecule has 0 fully saturated rings. The number of nitrogens with zero attached hydrogens (tertiary/aromatic N) is 2. The summed E-state index contributed by atoms with van der Waals surface area (Å²) in [5, 5.41) is 11.3. The van der Waals surface area contributed by atoms with Crippen molar-refractivity contribution in [2.45, 2.75) is 19.7 Å². The molecule has 26 heavy (non-hydrogen) atoms. The van der Waals surface area contributed by atoms with Gasteiger partial charge in [-0.05, 0) is 23.3 Å². The van der Waals surface area contributed by atoms with E-state index in [1.165, 1.54) is 11.1 Å². The topological polar surface area (TPSA) is 51.1 Å². The van der Waals surface area contributed by atoms with Gasteiger partial charge in [0.15, 0.2) is 0 Å². The predicted molar refractivity (Wildman–Crippen MR) is 103 cm³/mol. The largest absolute Gasteiger partial charge is 0.489 e. The number of fused-ring (bicyclic) bond motifs is 1. The van der Waals surface area contributed by atoms with Gasteiger partial charge >= 0.3 is 0 Å². The Bertz CT molecular complexity index is 814. The Labute approximate surface area is 154 Å². The molecule has 134 valence electrons. The number of aromatic nitrogens is 2. The Hall–Kier alpha value is -2.79. The molecule has 5 nitrogen and oxygen atoms in total. The maximum Gasteiger partial charge on any atom is 0.124 e. The highest BCUT2D eigenvalue weighted by molar-refractivity contribution is 5.35. The van der Waals surface area contributed by atoms with Crippen LogP contribution in [-0.4, -0.2) is 22.9 Å². The molecular formula is C21H24N4O. The van der Waals surface area contributed by atoms with E-state index >= 15 is 0 Å². The summed E-state index contributed by atoms with van der Waals surface area (Å²) < 4.78 is 7.87. The molecule has 0 spiro atoms. The molecule has 0 saturated carbocycles. The first-order chi connectivity index (χ1) is 12.9. The Balaban J connectivity index is 1.21. The van der Waals surface area contributed by atoms with Crippen LogP contribution in [-0.2, 0) is 19.7 Å². The molecule has 2 heterocycles. The third kappa shape index (κ3) is 4.24. The highest BCUT2D eigenvalue weighted by atomic mass is 16.5. The molecule has 1 aromatic heterocycles. The monoisotopic (exact) mass is 348 g/mol. The van der Waals surface area contributed by atoms with Crippen molar-refractivity contribution < 1.29 is 4.74 Å². The minimum absolute atomic E-state index is 0.552. The molecule has 1 aliphatic heterocycles. The van der Waals surface area contributed by atoms with Crippen molar-refractivity contribution in [1.82, 2.24) is 15.1 Å². The van der Waals surface area contributed by atoms with Crippen molar-refractivity contribution in [2.24, 2.45) is 5.92 Å². The van der Waals surface area contributed by atoms with Gasteiger partial charge in [0.05, 0.1) is 6.20 Å². The second kappa shape index (κ2) is 8.06. The molecule has 0 saturated heterocycles. The number of hydrogen-bond acceptors (Lipinski definition) is 4. The van der Waals surface area contributed by atoms with Crippen molar-refractivity contribution in [1.29, 1.82) is 0 Å². The van der Waals surface area contributed by atoms with Gasteiger partial charge in [-0.2, -0.15) is 5.10 Å². The first-order valence-corrected chi connectivity index (χ1v) is 9.09. The summed E-state index contributed by atoms with van der Waals surface area (Å²) in [5.41, 5.74) is 2.44. The molecule has 2 N–H and O–H groups in total. The Morgan fingerprint density at radius 1 is 1.04 bits per heavy atom. The second-order valence-electron chi connectivity index (χ2n) is 6.69. The lowest BCUT2D eigenvalue weighted by Gasteiger charge is -2.25. The van der Waals surface area contributed by atoms with E-state index in [2.05, 4.69) is 40.0 Å². The predicted octanol–water partition coefficient (Wildman–Crippen LogP) is 3.29. The van der Waals surface area contributed by atoms with Crippen LogP contribution in [0.2, 0.25) is 0 Å². The third-order valence-corrected chi connectivity index (χ3v) is 4.65. The van der Waals surface area contributed by atoms with Crippen LogP contribution in [0.4, 0.5) is 5.82 Å². The highest BCUT2D eigenvalue weighted by Gasteiger charge is 2.17. The van der Waals surface area contributed by atoms with Crippen LogP contribution in [0, 0.1) is 5.92 Å². The molecule has 5 heteroatoms. The number of benzene rings is 2. The Morgan fingerprint density at radius 3 is 2.73 bits per heavy atom. The molecule has 2 aromatic carbocycles. The van der Waals surface area contributed by atoms with Crippen LogP contribution in [0.25, 0.3) is 0 Å². The van der Waals surface area contributed by atoms with Gasteiger partial charge in [0.2, 0.25) is 0 Å². The van der Waals surface area contributed by atoms with Crippen molar-refractivity contribution in [3.63, 3.8) is 0 Å². The van der Waals surface area contributed by atoms with Crippen molar-refractivity contribution >= 4 is 5.82 Å². The summed E-state index contributed by atoms with van der Waals surface area (Å²) in [6, 6.07) is 20.6. The molecule has 1 unspecified atom stereocenters. The SMILES string of the molecule is c1ccc(COc2ccc(CNCC3CNc4ccnn4C3)cc2)cc1. The summed E-state index contributed by atoms with van der Waals surface area (Å²) in [5.74, 6) is 2.57. The van der Waals surface area contributed by atoms with Gasteiger partial charge < -0.3 is 15.4 Å². The summed E-state index contributed by atoms with van der Waals surface area (Å²) in [6.45, 7) is 4.39. The fourth-order valence-electron chi connectivity index (χ4n) is 3.19. The second-order valence-corrected chi connectivity index (χ2v) is 6.69. The molecule has 0 radical (unpaired) electrons. The van der Waals surface area contributed by atoms with E-state index in [-0.39, 0.29) is 0 Å². The zero-order chi connectivity index (χ0) is 17.6. The van der Waals surface area contributed by atoms with Gasteiger partial charge in [-0.3, -0.25) is 0 Å². The first kappa shape index (κ1) is 16.7. The van der Waals surface area contributed by atoms with E-state index in [0.717, 1.165) is 37.7 Å². The minimum Gasteiger partial charge on any atom is -0.489 e. The number of hydrogen-bond donors (Lipinski definition) is 2.